The van der Waals surface area contributed by atoms with E-state index in [4.69, 9.17) is 11.6 Å². The van der Waals surface area contributed by atoms with Gasteiger partial charge in [-0.2, -0.15) is 0 Å². The molecule has 0 aliphatic heterocycles. The Morgan fingerprint density at radius 2 is 2.28 bits per heavy atom. The number of nitrogens with one attached hydrogen (secondary N) is 1. The quantitative estimate of drug-likeness (QED) is 0.489. The molecule has 0 spiro atoms. The van der Waals surface area contributed by atoms with E-state index < -0.39 is 0 Å². The fourth-order valence-corrected chi connectivity index (χ4v) is 1.77. The van der Waals surface area contributed by atoms with E-state index in [-0.39, 0.29) is 5.97 Å². The molecule has 1 N–H and O–H groups in total. The predicted molar refractivity (Wildman–Crippen MR) is 73.5 cm³/mol. The normalized spacial score (nSPS) is 11.4. The number of carbonyl (C=O) groups is 1. The summed E-state index contributed by atoms with van der Waals surface area (Å²) < 4.78 is 4.68. The molecule has 18 heavy (non-hydrogen) atoms. The van der Waals surface area contributed by atoms with Gasteiger partial charge in [-0.25, -0.2) is 4.79 Å². The number of ether oxygens (including phenoxy) is 1. The van der Waals surface area contributed by atoms with E-state index in [1.54, 1.807) is 0 Å². The van der Waals surface area contributed by atoms with Gasteiger partial charge in [0.05, 0.1) is 7.11 Å². The van der Waals surface area contributed by atoms with Crippen LogP contribution in [0.1, 0.15) is 18.9 Å². The molecule has 0 saturated heterocycles. The van der Waals surface area contributed by atoms with E-state index in [0.29, 0.717) is 18.5 Å². The number of methoxy groups -OCH3 is 1. The Bertz CT molecular complexity index is 430. The molecule has 1 aromatic rings. The van der Waals surface area contributed by atoms with Crippen LogP contribution in [-0.2, 0) is 16.1 Å². The maximum Gasteiger partial charge on any atom is 0.333 e. The number of carbonyl (C=O) groups excluding carboxylic acids is 1. The van der Waals surface area contributed by atoms with E-state index in [1.165, 1.54) is 7.11 Å². The molecule has 0 aliphatic rings. The lowest BCUT2D eigenvalue weighted by Crippen LogP contribution is -2.15. The molecule has 0 fully saturated rings. The van der Waals surface area contributed by atoms with Crippen LogP contribution in [0.3, 0.4) is 0 Å². The van der Waals surface area contributed by atoms with Crippen molar-refractivity contribution >= 4 is 17.6 Å². The largest absolute Gasteiger partial charge is 0.466 e. The highest BCUT2D eigenvalue weighted by Crippen LogP contribution is 2.10. The molecule has 1 rings (SSSR count). The van der Waals surface area contributed by atoms with Gasteiger partial charge >= 0.3 is 5.97 Å². The van der Waals surface area contributed by atoms with E-state index in [0.717, 1.165) is 17.1 Å². The molecule has 0 aliphatic carbocycles. The second kappa shape index (κ2) is 7.90. The molecule has 0 amide bonds. The predicted octanol–water partition coefficient (Wildman–Crippen LogP) is 2.94. The van der Waals surface area contributed by atoms with Crippen LogP contribution in [0.4, 0.5) is 0 Å². The minimum atomic E-state index is -0.262. The lowest BCUT2D eigenvalue weighted by molar-refractivity contribution is -0.136. The minimum Gasteiger partial charge on any atom is -0.466 e. The summed E-state index contributed by atoms with van der Waals surface area (Å²) in [6.07, 6.45) is 2.53. The van der Waals surface area contributed by atoms with Gasteiger partial charge in [0.1, 0.15) is 0 Å². The van der Waals surface area contributed by atoms with Crippen LogP contribution in [0.15, 0.2) is 35.9 Å². The van der Waals surface area contributed by atoms with Gasteiger partial charge < -0.3 is 10.1 Å². The third-order valence-electron chi connectivity index (χ3n) is 2.54. The fraction of sp³-hybridized carbons (Fsp3) is 0.357. The second-order valence-electron chi connectivity index (χ2n) is 3.84. The third kappa shape index (κ3) is 4.90. The Morgan fingerprint density at radius 1 is 1.50 bits per heavy atom. The van der Waals surface area contributed by atoms with Gasteiger partial charge in [-0.1, -0.05) is 36.7 Å². The SMILES string of the molecule is CC/C(=C/CNCc1cccc(Cl)c1)C(=O)OC. The summed E-state index contributed by atoms with van der Waals surface area (Å²) in [5.41, 5.74) is 1.81. The Hall–Kier alpha value is -1.32. The summed E-state index contributed by atoms with van der Waals surface area (Å²) in [7, 11) is 1.39. The van der Waals surface area contributed by atoms with E-state index >= 15 is 0 Å². The van der Waals surface area contributed by atoms with Crippen molar-refractivity contribution in [3.05, 3.63) is 46.5 Å². The molecule has 98 valence electrons. The van der Waals surface area contributed by atoms with Gasteiger partial charge in [0, 0.05) is 23.7 Å². The molecule has 0 saturated carbocycles. The maximum atomic E-state index is 11.3. The van der Waals surface area contributed by atoms with E-state index in [2.05, 4.69) is 10.1 Å². The summed E-state index contributed by atoms with van der Waals surface area (Å²) in [5, 5.41) is 3.96. The third-order valence-corrected chi connectivity index (χ3v) is 2.77. The van der Waals surface area contributed by atoms with Crippen LogP contribution in [0.2, 0.25) is 5.02 Å². The number of rotatable bonds is 6. The Kier molecular flexibility index (Phi) is 6.47. The smallest absolute Gasteiger partial charge is 0.333 e. The van der Waals surface area contributed by atoms with Crippen molar-refractivity contribution in [2.24, 2.45) is 0 Å². The van der Waals surface area contributed by atoms with Gasteiger partial charge in [0.25, 0.3) is 0 Å². The zero-order chi connectivity index (χ0) is 13.4. The molecule has 0 heterocycles. The van der Waals surface area contributed by atoms with Gasteiger partial charge in [-0.05, 0) is 24.1 Å². The Morgan fingerprint density at radius 3 is 2.89 bits per heavy atom. The summed E-state index contributed by atoms with van der Waals surface area (Å²) in [6.45, 7) is 3.28. The molecule has 0 bridgehead atoms. The first-order chi connectivity index (χ1) is 8.67. The van der Waals surface area contributed by atoms with Crippen molar-refractivity contribution in [1.29, 1.82) is 0 Å². The van der Waals surface area contributed by atoms with Gasteiger partial charge in [-0.15, -0.1) is 0 Å². The average Bonchev–Trinajstić information content (AvgIpc) is 2.38. The van der Waals surface area contributed by atoms with Gasteiger partial charge in [0.2, 0.25) is 0 Å². The summed E-state index contributed by atoms with van der Waals surface area (Å²) in [5.74, 6) is -0.262. The monoisotopic (exact) mass is 267 g/mol. The van der Waals surface area contributed by atoms with Gasteiger partial charge in [0.15, 0.2) is 0 Å². The van der Waals surface area contributed by atoms with E-state index in [9.17, 15) is 4.79 Å². The molecule has 4 heteroatoms. The summed E-state index contributed by atoms with van der Waals surface area (Å²) in [4.78, 5) is 11.3. The highest BCUT2D eigenvalue weighted by molar-refractivity contribution is 6.30. The van der Waals surface area contributed by atoms with Crippen LogP contribution in [0, 0.1) is 0 Å². The van der Waals surface area contributed by atoms with Crippen molar-refractivity contribution in [2.75, 3.05) is 13.7 Å². The standard InChI is InChI=1S/C14H18ClNO2/c1-3-12(14(17)18-2)7-8-16-10-11-5-4-6-13(15)9-11/h4-7,9,16H,3,8,10H2,1-2H3/b12-7-. The lowest BCUT2D eigenvalue weighted by atomic mass is 10.2. The van der Waals surface area contributed by atoms with Crippen LogP contribution in [-0.4, -0.2) is 19.6 Å². The second-order valence-corrected chi connectivity index (χ2v) is 4.27. The summed E-state index contributed by atoms with van der Waals surface area (Å²) in [6, 6.07) is 7.68. The summed E-state index contributed by atoms with van der Waals surface area (Å²) >= 11 is 5.89. The average molecular weight is 268 g/mol. The van der Waals surface area contributed by atoms with E-state index in [1.807, 2.05) is 37.3 Å². The first-order valence-corrected chi connectivity index (χ1v) is 6.27. The van der Waals surface area contributed by atoms with Crippen LogP contribution >= 0.6 is 11.6 Å². The number of halogens is 1. The number of hydrogen-bond donors (Lipinski definition) is 1. The van der Waals surface area contributed by atoms with Crippen LogP contribution in [0.5, 0.6) is 0 Å². The molecule has 0 unspecified atom stereocenters. The van der Waals surface area contributed by atoms with Crippen molar-refractivity contribution in [3.63, 3.8) is 0 Å². The molecule has 0 aromatic heterocycles. The fourth-order valence-electron chi connectivity index (χ4n) is 1.56. The minimum absolute atomic E-state index is 0.262. The van der Waals surface area contributed by atoms with Crippen molar-refractivity contribution < 1.29 is 9.53 Å². The Balaban J connectivity index is 2.42. The van der Waals surface area contributed by atoms with Crippen LogP contribution < -0.4 is 5.32 Å². The molecule has 0 atom stereocenters. The van der Waals surface area contributed by atoms with Crippen molar-refractivity contribution in [3.8, 4) is 0 Å². The van der Waals surface area contributed by atoms with Crippen LogP contribution in [0.25, 0.3) is 0 Å². The zero-order valence-corrected chi connectivity index (χ0v) is 11.5. The Labute approximate surface area is 113 Å². The molecule has 1 aromatic carbocycles. The highest BCUT2D eigenvalue weighted by Gasteiger charge is 2.05. The number of benzene rings is 1. The lowest BCUT2D eigenvalue weighted by Gasteiger charge is -2.05. The zero-order valence-electron chi connectivity index (χ0n) is 10.7. The number of hydrogen-bond acceptors (Lipinski definition) is 3. The van der Waals surface area contributed by atoms with Gasteiger partial charge in [-0.3, -0.25) is 0 Å². The van der Waals surface area contributed by atoms with Crippen molar-refractivity contribution in [2.45, 2.75) is 19.9 Å². The number of esters is 1. The maximum absolute atomic E-state index is 11.3. The molecular formula is C14H18ClNO2. The highest BCUT2D eigenvalue weighted by atomic mass is 35.5. The first kappa shape index (κ1) is 14.7. The molecule has 0 radical (unpaired) electrons. The molecular weight excluding hydrogens is 250 g/mol. The molecule has 3 nitrogen and oxygen atoms in total. The topological polar surface area (TPSA) is 38.3 Å². The first-order valence-electron chi connectivity index (χ1n) is 5.90. The van der Waals surface area contributed by atoms with Crippen molar-refractivity contribution in [1.82, 2.24) is 5.32 Å².